The first kappa shape index (κ1) is 19.2. The van der Waals surface area contributed by atoms with Gasteiger partial charge in [-0.1, -0.05) is 34.5 Å². The fourth-order valence-electron chi connectivity index (χ4n) is 2.19. The zero-order chi connectivity index (χ0) is 19.6. The topological polar surface area (TPSA) is 124 Å². The molecule has 8 nitrogen and oxygen atoms in total. The van der Waals surface area contributed by atoms with Gasteiger partial charge in [-0.3, -0.25) is 19.7 Å². The van der Waals surface area contributed by atoms with Crippen molar-refractivity contribution in [3.63, 3.8) is 0 Å². The van der Waals surface area contributed by atoms with Crippen LogP contribution >= 0.6 is 34.5 Å². The number of thiazole rings is 1. The maximum atomic E-state index is 12.2. The number of carbonyl (C=O) groups is 3. The van der Waals surface area contributed by atoms with Crippen LogP contribution in [0.25, 0.3) is 10.2 Å². The van der Waals surface area contributed by atoms with Gasteiger partial charge < -0.3 is 15.4 Å². The van der Waals surface area contributed by atoms with Crippen molar-refractivity contribution >= 4 is 73.4 Å². The average molecular weight is 427 g/mol. The maximum Gasteiger partial charge on any atom is 0.303 e. The summed E-state index contributed by atoms with van der Waals surface area (Å²) >= 11 is 12.8. The van der Waals surface area contributed by atoms with E-state index in [0.717, 1.165) is 4.70 Å². The zero-order valence-electron chi connectivity index (χ0n) is 13.5. The van der Waals surface area contributed by atoms with Crippen molar-refractivity contribution in [3.05, 3.63) is 40.1 Å². The Morgan fingerprint density at radius 1 is 1.15 bits per heavy atom. The Labute approximate surface area is 166 Å². The summed E-state index contributed by atoms with van der Waals surface area (Å²) in [5.41, 5.74) is 1.36. The van der Waals surface area contributed by atoms with Crippen molar-refractivity contribution in [2.45, 2.75) is 12.8 Å². The first-order valence-corrected chi connectivity index (χ1v) is 9.16. The molecule has 1 aromatic carbocycles. The Bertz CT molecular complexity index is 1030. The van der Waals surface area contributed by atoms with E-state index in [4.69, 9.17) is 28.3 Å². The normalized spacial score (nSPS) is 10.7. The number of carboxylic acids is 1. The third kappa shape index (κ3) is 4.76. The molecule has 27 heavy (non-hydrogen) atoms. The van der Waals surface area contributed by atoms with Gasteiger partial charge in [-0.25, -0.2) is 4.98 Å². The van der Waals surface area contributed by atoms with Crippen molar-refractivity contribution in [2.75, 3.05) is 10.6 Å². The molecule has 0 aliphatic heterocycles. The first-order chi connectivity index (χ1) is 12.8. The molecular formula is C16H12Cl2N4O4S. The Morgan fingerprint density at radius 2 is 1.93 bits per heavy atom. The lowest BCUT2D eigenvalue weighted by molar-refractivity contribution is -0.138. The Morgan fingerprint density at radius 3 is 2.59 bits per heavy atom. The smallest absolute Gasteiger partial charge is 0.303 e. The van der Waals surface area contributed by atoms with Gasteiger partial charge in [0, 0.05) is 12.1 Å². The molecule has 0 bridgehead atoms. The highest BCUT2D eigenvalue weighted by Gasteiger charge is 2.14. The number of hydrogen-bond donors (Lipinski definition) is 4. The Kier molecular flexibility index (Phi) is 5.64. The van der Waals surface area contributed by atoms with Crippen LogP contribution in [-0.4, -0.2) is 32.9 Å². The van der Waals surface area contributed by atoms with Crippen molar-refractivity contribution in [3.8, 4) is 0 Å². The second-order valence-corrected chi connectivity index (χ2v) is 7.26. The standard InChI is InChI=1S/C16H12Cl2N4O4S/c17-8-6-10(20-14(8)18)15(26)22-16-21-9-2-1-7(5-11(9)27-16)19-12(23)3-4-13(24)25/h1-2,5-6,20H,3-4H2,(H,19,23)(H,24,25)(H,21,22,26). The number of amides is 2. The molecule has 11 heteroatoms. The van der Waals surface area contributed by atoms with Crippen LogP contribution in [0, 0.1) is 0 Å². The van der Waals surface area contributed by atoms with Crippen molar-refractivity contribution in [1.29, 1.82) is 0 Å². The number of aromatic amines is 1. The molecule has 0 spiro atoms. The molecule has 2 aromatic heterocycles. The van der Waals surface area contributed by atoms with Gasteiger partial charge in [-0.15, -0.1) is 0 Å². The summed E-state index contributed by atoms with van der Waals surface area (Å²) in [4.78, 5) is 41.4. The summed E-state index contributed by atoms with van der Waals surface area (Å²) < 4.78 is 0.740. The van der Waals surface area contributed by atoms with E-state index >= 15 is 0 Å². The molecule has 2 amide bonds. The number of benzene rings is 1. The van der Waals surface area contributed by atoms with Crippen molar-refractivity contribution in [1.82, 2.24) is 9.97 Å². The molecule has 0 aliphatic rings. The fraction of sp³-hybridized carbons (Fsp3) is 0.125. The van der Waals surface area contributed by atoms with E-state index in [2.05, 4.69) is 20.6 Å². The van der Waals surface area contributed by atoms with Crippen molar-refractivity contribution < 1.29 is 19.5 Å². The van der Waals surface area contributed by atoms with Crippen LogP contribution in [0.15, 0.2) is 24.3 Å². The number of rotatable bonds is 6. The summed E-state index contributed by atoms with van der Waals surface area (Å²) in [6.45, 7) is 0. The van der Waals surface area contributed by atoms with Crippen LogP contribution < -0.4 is 10.6 Å². The maximum absolute atomic E-state index is 12.2. The molecule has 2 heterocycles. The molecule has 140 valence electrons. The number of H-pyrrole nitrogens is 1. The molecular weight excluding hydrogens is 415 g/mol. The second kappa shape index (κ2) is 7.95. The number of halogens is 2. The molecule has 0 aliphatic carbocycles. The number of aromatic nitrogens is 2. The minimum Gasteiger partial charge on any atom is -0.481 e. The highest BCUT2D eigenvalue weighted by atomic mass is 35.5. The summed E-state index contributed by atoms with van der Waals surface area (Å²) in [6, 6.07) is 6.45. The zero-order valence-corrected chi connectivity index (χ0v) is 15.8. The third-order valence-electron chi connectivity index (χ3n) is 3.43. The van der Waals surface area contributed by atoms with Crippen LogP contribution in [0.2, 0.25) is 10.2 Å². The lowest BCUT2D eigenvalue weighted by Crippen LogP contribution is -2.12. The van der Waals surface area contributed by atoms with Crippen LogP contribution in [0.5, 0.6) is 0 Å². The molecule has 0 saturated carbocycles. The quantitative estimate of drug-likeness (QED) is 0.474. The molecule has 0 unspecified atom stereocenters. The molecule has 3 rings (SSSR count). The van der Waals surface area contributed by atoms with Crippen LogP contribution in [0.1, 0.15) is 23.3 Å². The number of aliphatic carboxylic acids is 1. The predicted octanol–water partition coefficient (Wildman–Crippen LogP) is 3.99. The van der Waals surface area contributed by atoms with E-state index in [1.54, 1.807) is 18.2 Å². The molecule has 0 atom stereocenters. The van der Waals surface area contributed by atoms with Gasteiger partial charge in [0.1, 0.15) is 10.8 Å². The third-order valence-corrected chi connectivity index (χ3v) is 5.05. The van der Waals surface area contributed by atoms with Crippen LogP contribution in [-0.2, 0) is 9.59 Å². The number of nitrogens with zero attached hydrogens (tertiary/aromatic N) is 1. The predicted molar refractivity (Wildman–Crippen MR) is 104 cm³/mol. The van der Waals surface area contributed by atoms with E-state index in [1.807, 2.05) is 0 Å². The average Bonchev–Trinajstić information content (AvgIpc) is 3.15. The van der Waals surface area contributed by atoms with E-state index in [9.17, 15) is 14.4 Å². The second-order valence-electron chi connectivity index (χ2n) is 5.44. The van der Waals surface area contributed by atoms with E-state index in [-0.39, 0.29) is 28.7 Å². The number of carbonyl (C=O) groups excluding carboxylic acids is 2. The molecule has 3 aromatic rings. The molecule has 4 N–H and O–H groups in total. The van der Waals surface area contributed by atoms with Gasteiger partial charge in [-0.05, 0) is 24.3 Å². The number of fused-ring (bicyclic) bond motifs is 1. The largest absolute Gasteiger partial charge is 0.481 e. The van der Waals surface area contributed by atoms with E-state index in [0.29, 0.717) is 16.3 Å². The summed E-state index contributed by atoms with van der Waals surface area (Å²) in [7, 11) is 0. The minimum absolute atomic E-state index is 0.112. The Hall–Kier alpha value is -2.62. The summed E-state index contributed by atoms with van der Waals surface area (Å²) in [5.74, 6) is -1.87. The fourth-order valence-corrected chi connectivity index (χ4v) is 3.40. The molecule has 0 saturated heterocycles. The number of anilines is 2. The molecule has 0 fully saturated rings. The SMILES string of the molecule is O=C(O)CCC(=O)Nc1ccc2nc(NC(=O)c3cc(Cl)c(Cl)[nH]3)sc2c1. The molecule has 0 radical (unpaired) electrons. The van der Waals surface area contributed by atoms with Gasteiger partial charge in [0.2, 0.25) is 5.91 Å². The van der Waals surface area contributed by atoms with Gasteiger partial charge in [0.15, 0.2) is 5.13 Å². The monoisotopic (exact) mass is 426 g/mol. The number of hydrogen-bond acceptors (Lipinski definition) is 5. The van der Waals surface area contributed by atoms with Gasteiger partial charge >= 0.3 is 5.97 Å². The lowest BCUT2D eigenvalue weighted by Gasteiger charge is -2.03. The van der Waals surface area contributed by atoms with Crippen molar-refractivity contribution in [2.24, 2.45) is 0 Å². The number of carboxylic acid groups (broad SMARTS) is 1. The van der Waals surface area contributed by atoms with E-state index in [1.165, 1.54) is 17.4 Å². The lowest BCUT2D eigenvalue weighted by atomic mass is 10.2. The highest BCUT2D eigenvalue weighted by Crippen LogP contribution is 2.29. The summed E-state index contributed by atoms with van der Waals surface area (Å²) in [6.07, 6.45) is -0.351. The van der Waals surface area contributed by atoms with Crippen LogP contribution in [0.4, 0.5) is 10.8 Å². The summed E-state index contributed by atoms with van der Waals surface area (Å²) in [5, 5.41) is 14.7. The Balaban J connectivity index is 1.71. The first-order valence-electron chi connectivity index (χ1n) is 7.59. The van der Waals surface area contributed by atoms with Gasteiger partial charge in [0.05, 0.1) is 21.7 Å². The van der Waals surface area contributed by atoms with Gasteiger partial charge in [0.25, 0.3) is 5.91 Å². The minimum atomic E-state index is -1.03. The van der Waals surface area contributed by atoms with E-state index < -0.39 is 17.8 Å². The number of nitrogens with one attached hydrogen (secondary N) is 3. The highest BCUT2D eigenvalue weighted by molar-refractivity contribution is 7.22. The van der Waals surface area contributed by atoms with Gasteiger partial charge in [-0.2, -0.15) is 0 Å². The van der Waals surface area contributed by atoms with Crippen LogP contribution in [0.3, 0.4) is 0 Å².